The molecular formula is C12H9BrN4S2. The summed E-state index contributed by atoms with van der Waals surface area (Å²) in [6, 6.07) is 4.28. The Morgan fingerprint density at radius 2 is 2.21 bits per heavy atom. The largest absolute Gasteiger partial charge is 0.197 e. The molecule has 0 N–H and O–H groups in total. The fourth-order valence-corrected chi connectivity index (χ4v) is 5.49. The lowest BCUT2D eigenvalue weighted by Crippen LogP contribution is -2.01. The number of hydrogen-bond donors (Lipinski definition) is 0. The highest BCUT2D eigenvalue weighted by molar-refractivity contribution is 9.11. The van der Waals surface area contributed by atoms with Crippen LogP contribution in [0.4, 0.5) is 0 Å². The van der Waals surface area contributed by atoms with Gasteiger partial charge in [-0.25, -0.2) is 0 Å². The topological polar surface area (TPSA) is 43.1 Å². The van der Waals surface area contributed by atoms with Gasteiger partial charge in [-0.3, -0.25) is 0 Å². The maximum absolute atomic E-state index is 4.75. The number of halogens is 1. The van der Waals surface area contributed by atoms with Crippen LogP contribution in [-0.2, 0) is 6.42 Å². The van der Waals surface area contributed by atoms with Gasteiger partial charge in [0, 0.05) is 11.3 Å². The third-order valence-electron chi connectivity index (χ3n) is 3.16. The Bertz CT molecular complexity index is 792. The molecule has 0 unspecified atom stereocenters. The van der Waals surface area contributed by atoms with Crippen molar-refractivity contribution in [1.29, 1.82) is 0 Å². The molecule has 19 heavy (non-hydrogen) atoms. The van der Waals surface area contributed by atoms with Gasteiger partial charge in [-0.05, 0) is 47.0 Å². The SMILES string of the molecule is Cc1nnc2cc3c(nn12)-c1cc(Br)sc1SCC3. The smallest absolute Gasteiger partial charge is 0.178 e. The van der Waals surface area contributed by atoms with Crippen LogP contribution in [0.1, 0.15) is 11.4 Å². The van der Waals surface area contributed by atoms with E-state index in [1.54, 1.807) is 11.3 Å². The molecule has 0 saturated carbocycles. The molecule has 0 atom stereocenters. The van der Waals surface area contributed by atoms with Crippen molar-refractivity contribution in [3.05, 3.63) is 27.3 Å². The van der Waals surface area contributed by atoms with Gasteiger partial charge in [-0.1, -0.05) is 0 Å². The van der Waals surface area contributed by atoms with Crippen molar-refractivity contribution in [2.75, 3.05) is 5.75 Å². The lowest BCUT2D eigenvalue weighted by atomic mass is 10.1. The van der Waals surface area contributed by atoms with E-state index in [1.165, 1.54) is 15.3 Å². The fraction of sp³-hybridized carbons (Fsp3) is 0.250. The van der Waals surface area contributed by atoms with E-state index in [-0.39, 0.29) is 0 Å². The van der Waals surface area contributed by atoms with Crippen LogP contribution in [0.5, 0.6) is 0 Å². The molecule has 7 heteroatoms. The lowest BCUT2D eigenvalue weighted by Gasteiger charge is -2.05. The first-order chi connectivity index (χ1) is 9.22. The minimum Gasteiger partial charge on any atom is -0.197 e. The number of hydrogen-bond acceptors (Lipinski definition) is 5. The average molecular weight is 353 g/mol. The van der Waals surface area contributed by atoms with Gasteiger partial charge in [0.25, 0.3) is 0 Å². The standard InChI is InChI=1S/C12H9BrN4S2/c1-6-14-15-10-4-7-2-3-18-12-8(5-9(13)19-12)11(7)16-17(6)10/h4-5H,2-3H2,1H3. The third kappa shape index (κ3) is 1.83. The van der Waals surface area contributed by atoms with Crippen LogP contribution in [0.25, 0.3) is 16.9 Å². The highest BCUT2D eigenvalue weighted by Crippen LogP contribution is 2.43. The lowest BCUT2D eigenvalue weighted by molar-refractivity contribution is 0.870. The van der Waals surface area contributed by atoms with E-state index in [4.69, 9.17) is 5.10 Å². The Balaban J connectivity index is 2.06. The van der Waals surface area contributed by atoms with Crippen LogP contribution in [0.15, 0.2) is 20.1 Å². The van der Waals surface area contributed by atoms with E-state index >= 15 is 0 Å². The van der Waals surface area contributed by atoms with E-state index in [0.717, 1.165) is 33.1 Å². The van der Waals surface area contributed by atoms with Crippen LogP contribution in [0, 0.1) is 6.92 Å². The highest BCUT2D eigenvalue weighted by atomic mass is 79.9. The van der Waals surface area contributed by atoms with Gasteiger partial charge < -0.3 is 0 Å². The number of aryl methyl sites for hydroxylation is 2. The minimum absolute atomic E-state index is 0.825. The second kappa shape index (κ2) is 4.29. The molecule has 3 aromatic rings. The van der Waals surface area contributed by atoms with Gasteiger partial charge in [0.15, 0.2) is 11.5 Å². The molecule has 0 amide bonds. The van der Waals surface area contributed by atoms with Gasteiger partial charge in [-0.15, -0.1) is 33.3 Å². The summed E-state index contributed by atoms with van der Waals surface area (Å²) in [7, 11) is 0. The Labute approximate surface area is 126 Å². The quantitative estimate of drug-likeness (QED) is 0.620. The Hall–Kier alpha value is -0.920. The summed E-state index contributed by atoms with van der Waals surface area (Å²) in [6.45, 7) is 1.93. The molecule has 0 radical (unpaired) electrons. The van der Waals surface area contributed by atoms with E-state index in [9.17, 15) is 0 Å². The van der Waals surface area contributed by atoms with Crippen molar-refractivity contribution in [3.63, 3.8) is 0 Å². The predicted octanol–water partition coefficient (Wildman–Crippen LogP) is 3.57. The maximum atomic E-state index is 4.75. The van der Waals surface area contributed by atoms with Crippen molar-refractivity contribution in [2.24, 2.45) is 0 Å². The third-order valence-corrected chi connectivity index (χ3v) is 6.08. The molecule has 4 heterocycles. The van der Waals surface area contributed by atoms with Gasteiger partial charge in [0.05, 0.1) is 13.7 Å². The van der Waals surface area contributed by atoms with Crippen molar-refractivity contribution in [3.8, 4) is 11.3 Å². The number of rotatable bonds is 0. The molecule has 0 aromatic carbocycles. The normalized spacial score (nSPS) is 14.2. The molecule has 0 aliphatic carbocycles. The van der Waals surface area contributed by atoms with Crippen molar-refractivity contribution in [1.82, 2.24) is 19.8 Å². The summed E-state index contributed by atoms with van der Waals surface area (Å²) in [6.07, 6.45) is 1.02. The molecule has 0 bridgehead atoms. The van der Waals surface area contributed by atoms with Crippen LogP contribution >= 0.6 is 39.0 Å². The molecule has 4 rings (SSSR count). The average Bonchev–Trinajstić information content (AvgIpc) is 2.88. The molecule has 3 aromatic heterocycles. The van der Waals surface area contributed by atoms with E-state index in [2.05, 4.69) is 38.3 Å². The number of thiophene rings is 1. The van der Waals surface area contributed by atoms with Crippen LogP contribution in [0.3, 0.4) is 0 Å². The molecular weight excluding hydrogens is 344 g/mol. The van der Waals surface area contributed by atoms with Gasteiger partial charge >= 0.3 is 0 Å². The first-order valence-electron chi connectivity index (χ1n) is 5.87. The van der Waals surface area contributed by atoms with Gasteiger partial charge in [0.1, 0.15) is 0 Å². The van der Waals surface area contributed by atoms with Crippen molar-refractivity contribution in [2.45, 2.75) is 17.6 Å². The zero-order chi connectivity index (χ0) is 13.0. The summed E-state index contributed by atoms with van der Waals surface area (Å²) in [5.41, 5.74) is 4.39. The monoisotopic (exact) mass is 352 g/mol. The first kappa shape index (κ1) is 11.9. The number of fused-ring (bicyclic) bond motifs is 4. The summed E-state index contributed by atoms with van der Waals surface area (Å²) < 4.78 is 4.31. The second-order valence-electron chi connectivity index (χ2n) is 4.39. The zero-order valence-corrected chi connectivity index (χ0v) is 13.3. The van der Waals surface area contributed by atoms with Crippen LogP contribution < -0.4 is 0 Å². The molecule has 4 nitrogen and oxygen atoms in total. The van der Waals surface area contributed by atoms with Gasteiger partial charge in [-0.2, -0.15) is 9.61 Å². The summed E-state index contributed by atoms with van der Waals surface area (Å²) in [5.74, 6) is 1.91. The summed E-state index contributed by atoms with van der Waals surface area (Å²) in [4.78, 5) is 0. The second-order valence-corrected chi connectivity index (χ2v) is 8.18. The minimum atomic E-state index is 0.825. The Morgan fingerprint density at radius 1 is 1.32 bits per heavy atom. The van der Waals surface area contributed by atoms with Crippen molar-refractivity contribution < 1.29 is 0 Å². The predicted molar refractivity (Wildman–Crippen MR) is 81.0 cm³/mol. The number of thioether (sulfide) groups is 1. The van der Waals surface area contributed by atoms with Crippen molar-refractivity contribution >= 4 is 44.7 Å². The van der Waals surface area contributed by atoms with E-state index in [0.29, 0.717) is 0 Å². The number of aromatic nitrogens is 4. The van der Waals surface area contributed by atoms with Gasteiger partial charge in [0.2, 0.25) is 0 Å². The Kier molecular flexibility index (Phi) is 2.68. The van der Waals surface area contributed by atoms with E-state index in [1.807, 2.05) is 23.2 Å². The molecule has 96 valence electrons. The summed E-state index contributed by atoms with van der Waals surface area (Å²) in [5, 5.41) is 13.0. The molecule has 1 aliphatic rings. The van der Waals surface area contributed by atoms with E-state index < -0.39 is 0 Å². The summed E-state index contributed by atoms with van der Waals surface area (Å²) >= 11 is 7.25. The zero-order valence-electron chi connectivity index (χ0n) is 10.1. The Morgan fingerprint density at radius 3 is 3.11 bits per heavy atom. The molecule has 0 spiro atoms. The number of nitrogens with zero attached hydrogens (tertiary/aromatic N) is 4. The maximum Gasteiger partial charge on any atom is 0.178 e. The fourth-order valence-electron chi connectivity index (χ4n) is 2.26. The van der Waals surface area contributed by atoms with Crippen LogP contribution in [-0.4, -0.2) is 25.6 Å². The molecule has 1 aliphatic heterocycles. The molecule has 0 fully saturated rings. The molecule has 0 saturated heterocycles. The highest BCUT2D eigenvalue weighted by Gasteiger charge is 2.20. The van der Waals surface area contributed by atoms with Crippen LogP contribution in [0.2, 0.25) is 0 Å². The first-order valence-corrected chi connectivity index (χ1v) is 8.46.